The van der Waals surface area contributed by atoms with Crippen molar-refractivity contribution >= 4 is 0 Å². The van der Waals surface area contributed by atoms with E-state index in [2.05, 4.69) is 0 Å². The van der Waals surface area contributed by atoms with Crippen molar-refractivity contribution in [2.24, 2.45) is 0 Å². The quantitative estimate of drug-likeness (QED) is 0.243. The third-order valence-electron chi connectivity index (χ3n) is 5.83. The third kappa shape index (κ3) is 5.20. The van der Waals surface area contributed by atoms with E-state index in [1.165, 1.54) is 44.6 Å². The van der Waals surface area contributed by atoms with Crippen LogP contribution in [0, 0.1) is 0 Å². The summed E-state index contributed by atoms with van der Waals surface area (Å²) in [5, 5.41) is 70.1. The minimum atomic E-state index is -1.60. The lowest BCUT2D eigenvalue weighted by atomic mass is 9.89. The van der Waals surface area contributed by atoms with Crippen LogP contribution in [-0.4, -0.2) is 93.9 Å². The molecule has 2 aromatic rings. The maximum atomic E-state index is 11.0. The van der Waals surface area contributed by atoms with Gasteiger partial charge in [-0.05, 0) is 35.4 Å². The first kappa shape index (κ1) is 26.0. The molecule has 7 N–H and O–H groups in total. The number of aromatic hydroxyl groups is 1. The van der Waals surface area contributed by atoms with Gasteiger partial charge >= 0.3 is 0 Å². The zero-order chi connectivity index (χ0) is 25.0. The van der Waals surface area contributed by atoms with Crippen molar-refractivity contribution in [3.8, 4) is 23.0 Å². The number of benzene rings is 2. The normalized spacial score (nSPS) is 26.5. The summed E-state index contributed by atoms with van der Waals surface area (Å²) in [5.41, 5.74) is 0.911. The van der Waals surface area contributed by atoms with Crippen LogP contribution in [0.1, 0.15) is 23.1 Å². The Balaban J connectivity index is 1.84. The molecule has 0 radical (unpaired) electrons. The van der Waals surface area contributed by atoms with Crippen molar-refractivity contribution in [1.82, 2.24) is 0 Å². The first-order valence-corrected chi connectivity index (χ1v) is 10.6. The number of phenolic OH excluding ortho intramolecular Hbond substituents is 1. The van der Waals surface area contributed by atoms with Crippen LogP contribution in [0.5, 0.6) is 23.0 Å². The summed E-state index contributed by atoms with van der Waals surface area (Å²) < 4.78 is 21.4. The van der Waals surface area contributed by atoms with Crippen molar-refractivity contribution in [1.29, 1.82) is 0 Å². The van der Waals surface area contributed by atoms with Crippen LogP contribution in [0.4, 0.5) is 0 Å². The largest absolute Gasteiger partial charge is 0.504 e. The first-order chi connectivity index (χ1) is 16.2. The molecule has 3 rings (SSSR count). The summed E-state index contributed by atoms with van der Waals surface area (Å²) in [6.07, 6.45) is -8.44. The van der Waals surface area contributed by atoms with E-state index in [1.54, 1.807) is 6.07 Å². The first-order valence-electron chi connectivity index (χ1n) is 10.6. The molecule has 0 saturated carbocycles. The standard InChI is InChI=1S/C23H30O11/c1-31-16-7-11(3-5-14(16)26)13(9-24)19(27)12-4-6-15(17(8-12)32-2)33-23-22(30)21(29)20(28)18(10-25)34-23/h3-8,13,18-30H,9-10H2,1-2H3/t13-,18+,19+,20+,21-,22+,23+/m0/s1. The van der Waals surface area contributed by atoms with Crippen molar-refractivity contribution in [3.05, 3.63) is 47.5 Å². The van der Waals surface area contributed by atoms with Gasteiger partial charge in [0.25, 0.3) is 0 Å². The summed E-state index contributed by atoms with van der Waals surface area (Å²) in [6, 6.07) is 8.94. The van der Waals surface area contributed by atoms with Gasteiger partial charge in [0.2, 0.25) is 6.29 Å². The van der Waals surface area contributed by atoms with E-state index in [9.17, 15) is 35.7 Å². The number of phenols is 1. The van der Waals surface area contributed by atoms with E-state index >= 15 is 0 Å². The minimum Gasteiger partial charge on any atom is -0.504 e. The Morgan fingerprint density at radius 1 is 0.853 bits per heavy atom. The molecule has 0 spiro atoms. The number of ether oxygens (including phenoxy) is 4. The highest BCUT2D eigenvalue weighted by Gasteiger charge is 2.45. The number of methoxy groups -OCH3 is 2. The maximum absolute atomic E-state index is 11.0. The predicted octanol–water partition coefficient (Wildman–Crippen LogP) is -0.602. The SMILES string of the molecule is COc1cc([C@H](CO)[C@H](O)c2ccc(O[C@@H]3O[C@H](CO)[C@@H](O)[C@H](O)[C@H]3O)c(OC)c2)ccc1O. The van der Waals surface area contributed by atoms with E-state index in [0.29, 0.717) is 11.1 Å². The molecule has 11 nitrogen and oxygen atoms in total. The fraction of sp³-hybridized carbons (Fsp3) is 0.478. The highest BCUT2D eigenvalue weighted by atomic mass is 16.7. The van der Waals surface area contributed by atoms with Crippen molar-refractivity contribution in [2.75, 3.05) is 27.4 Å². The van der Waals surface area contributed by atoms with E-state index in [4.69, 9.17) is 18.9 Å². The average molecular weight is 482 g/mol. The highest BCUT2D eigenvalue weighted by molar-refractivity contribution is 5.46. The van der Waals surface area contributed by atoms with E-state index in [1.807, 2.05) is 0 Å². The molecule has 188 valence electrons. The summed E-state index contributed by atoms with van der Waals surface area (Å²) >= 11 is 0. The Kier molecular flexibility index (Phi) is 8.55. The van der Waals surface area contributed by atoms with Crippen LogP contribution >= 0.6 is 0 Å². The maximum Gasteiger partial charge on any atom is 0.229 e. The molecule has 1 fully saturated rings. The fourth-order valence-electron chi connectivity index (χ4n) is 3.80. The van der Waals surface area contributed by atoms with Crippen LogP contribution in [-0.2, 0) is 4.74 Å². The summed E-state index contributed by atoms with van der Waals surface area (Å²) in [5.74, 6) is -0.364. The van der Waals surface area contributed by atoms with Crippen LogP contribution < -0.4 is 14.2 Å². The molecule has 0 unspecified atom stereocenters. The second-order valence-electron chi connectivity index (χ2n) is 7.89. The molecule has 1 aliphatic rings. The molecule has 0 bridgehead atoms. The van der Waals surface area contributed by atoms with Gasteiger partial charge in [0.05, 0.1) is 33.5 Å². The molecule has 2 aromatic carbocycles. The molecule has 1 aliphatic heterocycles. The summed E-state index contributed by atoms with van der Waals surface area (Å²) in [6.45, 7) is -1.00. The fourth-order valence-corrected chi connectivity index (χ4v) is 3.80. The summed E-state index contributed by atoms with van der Waals surface area (Å²) in [4.78, 5) is 0. The molecule has 0 aliphatic carbocycles. The molecule has 11 heteroatoms. The van der Waals surface area contributed by atoms with Gasteiger partial charge in [0.15, 0.2) is 23.0 Å². The van der Waals surface area contributed by atoms with E-state index in [-0.39, 0.29) is 23.0 Å². The number of aliphatic hydroxyl groups excluding tert-OH is 6. The Hall–Kier alpha value is -2.64. The Morgan fingerprint density at radius 3 is 2.12 bits per heavy atom. The minimum absolute atomic E-state index is 0.0752. The Bertz CT molecular complexity index is 951. The third-order valence-corrected chi connectivity index (χ3v) is 5.83. The second kappa shape index (κ2) is 11.2. The van der Waals surface area contributed by atoms with Crippen molar-refractivity contribution in [3.63, 3.8) is 0 Å². The number of hydrogen-bond acceptors (Lipinski definition) is 11. The van der Waals surface area contributed by atoms with Gasteiger partial charge in [-0.2, -0.15) is 0 Å². The van der Waals surface area contributed by atoms with Crippen LogP contribution in [0.3, 0.4) is 0 Å². The Morgan fingerprint density at radius 2 is 1.50 bits per heavy atom. The van der Waals surface area contributed by atoms with Crippen LogP contribution in [0.25, 0.3) is 0 Å². The predicted molar refractivity (Wildman–Crippen MR) is 117 cm³/mol. The Labute approximate surface area is 196 Å². The van der Waals surface area contributed by atoms with Gasteiger partial charge in [-0.1, -0.05) is 12.1 Å². The monoisotopic (exact) mass is 482 g/mol. The number of rotatable bonds is 9. The van der Waals surface area contributed by atoms with Crippen molar-refractivity contribution < 1.29 is 54.7 Å². The zero-order valence-electron chi connectivity index (χ0n) is 18.7. The van der Waals surface area contributed by atoms with E-state index in [0.717, 1.165) is 0 Å². The lowest BCUT2D eigenvalue weighted by molar-refractivity contribution is -0.277. The average Bonchev–Trinajstić information content (AvgIpc) is 2.85. The lowest BCUT2D eigenvalue weighted by Crippen LogP contribution is -2.60. The van der Waals surface area contributed by atoms with Gasteiger partial charge in [-0.25, -0.2) is 0 Å². The second-order valence-corrected chi connectivity index (χ2v) is 7.89. The smallest absolute Gasteiger partial charge is 0.229 e. The number of aliphatic hydroxyl groups is 6. The molecule has 0 aromatic heterocycles. The molecular weight excluding hydrogens is 452 g/mol. The topological polar surface area (TPSA) is 179 Å². The molecule has 1 saturated heterocycles. The highest BCUT2D eigenvalue weighted by Crippen LogP contribution is 2.39. The van der Waals surface area contributed by atoms with Gasteiger partial charge in [0, 0.05) is 5.92 Å². The van der Waals surface area contributed by atoms with E-state index < -0.39 is 55.9 Å². The van der Waals surface area contributed by atoms with Crippen LogP contribution in [0.2, 0.25) is 0 Å². The summed E-state index contributed by atoms with van der Waals surface area (Å²) in [7, 11) is 2.75. The lowest BCUT2D eigenvalue weighted by Gasteiger charge is -2.39. The van der Waals surface area contributed by atoms with Crippen LogP contribution in [0.15, 0.2) is 36.4 Å². The molecule has 7 atom stereocenters. The van der Waals surface area contributed by atoms with Crippen molar-refractivity contribution in [2.45, 2.75) is 42.7 Å². The van der Waals surface area contributed by atoms with Gasteiger partial charge in [-0.3, -0.25) is 0 Å². The molecule has 0 amide bonds. The van der Waals surface area contributed by atoms with Gasteiger partial charge in [-0.15, -0.1) is 0 Å². The van der Waals surface area contributed by atoms with Gasteiger partial charge in [0.1, 0.15) is 24.4 Å². The molecular formula is C23H30O11. The molecule has 1 heterocycles. The molecule has 34 heavy (non-hydrogen) atoms. The van der Waals surface area contributed by atoms with Gasteiger partial charge < -0.3 is 54.7 Å². The zero-order valence-corrected chi connectivity index (χ0v) is 18.7. The number of hydrogen-bond donors (Lipinski definition) is 7.